The van der Waals surface area contributed by atoms with E-state index in [0.717, 1.165) is 22.6 Å². The van der Waals surface area contributed by atoms with Gasteiger partial charge in [-0.15, -0.1) is 45.5 Å². The maximum atomic E-state index is 10.5. The summed E-state index contributed by atoms with van der Waals surface area (Å²) in [6.45, 7) is 3.55. The van der Waals surface area contributed by atoms with E-state index < -0.39 is 6.10 Å². The maximum Gasteiger partial charge on any atom is 0.191 e. The summed E-state index contributed by atoms with van der Waals surface area (Å²) < 4.78 is 3.01. The first-order valence-corrected chi connectivity index (χ1v) is 9.00. The number of aliphatic hydroxyl groups is 1. The SMILES string of the molecule is CCNC(=NCc1nncn1C)NCC(O)c1cc2ccccc2s1.I. The number of guanidine groups is 1. The number of aromatic nitrogens is 3. The lowest BCUT2D eigenvalue weighted by molar-refractivity contribution is 0.184. The van der Waals surface area contributed by atoms with Gasteiger partial charge >= 0.3 is 0 Å². The van der Waals surface area contributed by atoms with Gasteiger partial charge in [0.2, 0.25) is 0 Å². The van der Waals surface area contributed by atoms with Gasteiger partial charge in [-0.1, -0.05) is 18.2 Å². The molecule has 0 aliphatic heterocycles. The van der Waals surface area contributed by atoms with Gasteiger partial charge in [0.05, 0.1) is 0 Å². The van der Waals surface area contributed by atoms with Crippen molar-refractivity contribution >= 4 is 51.4 Å². The number of halogens is 1. The van der Waals surface area contributed by atoms with Gasteiger partial charge in [-0.2, -0.15) is 0 Å². The number of hydrogen-bond donors (Lipinski definition) is 3. The van der Waals surface area contributed by atoms with E-state index in [1.165, 1.54) is 4.70 Å². The van der Waals surface area contributed by atoms with E-state index in [4.69, 9.17) is 0 Å². The molecule has 7 nitrogen and oxygen atoms in total. The molecule has 0 aliphatic rings. The number of rotatable bonds is 6. The normalized spacial score (nSPS) is 12.7. The van der Waals surface area contributed by atoms with Gasteiger partial charge in [0.25, 0.3) is 0 Å². The summed E-state index contributed by atoms with van der Waals surface area (Å²) in [4.78, 5) is 5.43. The van der Waals surface area contributed by atoms with Gasteiger partial charge in [-0.25, -0.2) is 4.99 Å². The molecule has 3 N–H and O–H groups in total. The fraction of sp³-hybridized carbons (Fsp3) is 0.353. The third kappa shape index (κ3) is 5.15. The van der Waals surface area contributed by atoms with E-state index in [-0.39, 0.29) is 24.0 Å². The molecule has 1 unspecified atom stereocenters. The lowest BCUT2D eigenvalue weighted by Gasteiger charge is -2.14. The number of aliphatic imine (C=N–C) groups is 1. The molecule has 3 aromatic rings. The maximum absolute atomic E-state index is 10.5. The average molecular weight is 486 g/mol. The van der Waals surface area contributed by atoms with Crippen LogP contribution in [0, 0.1) is 0 Å². The first kappa shape index (κ1) is 20.6. The molecule has 0 radical (unpaired) electrons. The summed E-state index contributed by atoms with van der Waals surface area (Å²) in [7, 11) is 1.89. The Morgan fingerprint density at radius 1 is 1.35 bits per heavy atom. The van der Waals surface area contributed by atoms with Crippen molar-refractivity contribution in [2.45, 2.75) is 19.6 Å². The van der Waals surface area contributed by atoms with Crippen LogP contribution in [0.2, 0.25) is 0 Å². The molecule has 140 valence electrons. The number of thiophene rings is 1. The van der Waals surface area contributed by atoms with E-state index in [2.05, 4.69) is 38.0 Å². The quantitative estimate of drug-likeness (QED) is 0.283. The summed E-state index contributed by atoms with van der Waals surface area (Å²) >= 11 is 1.61. The van der Waals surface area contributed by atoms with E-state index >= 15 is 0 Å². The Morgan fingerprint density at radius 2 is 2.15 bits per heavy atom. The molecule has 0 fully saturated rings. The van der Waals surface area contributed by atoms with Crippen LogP contribution in [0.5, 0.6) is 0 Å². The van der Waals surface area contributed by atoms with Crippen LogP contribution >= 0.6 is 35.3 Å². The van der Waals surface area contributed by atoms with Crippen LogP contribution in [0.1, 0.15) is 23.7 Å². The zero-order valence-electron chi connectivity index (χ0n) is 14.7. The molecule has 1 atom stereocenters. The lowest BCUT2D eigenvalue weighted by atomic mass is 10.2. The molecule has 1 aromatic carbocycles. The third-order valence-corrected chi connectivity index (χ3v) is 4.98. The number of fused-ring (bicyclic) bond motifs is 1. The van der Waals surface area contributed by atoms with Crippen molar-refractivity contribution in [3.63, 3.8) is 0 Å². The summed E-state index contributed by atoms with van der Waals surface area (Å²) in [5.74, 6) is 1.42. The molecular formula is C17H23IN6OS. The number of nitrogens with zero attached hydrogens (tertiary/aromatic N) is 4. The largest absolute Gasteiger partial charge is 0.386 e. The van der Waals surface area contributed by atoms with Gasteiger partial charge < -0.3 is 20.3 Å². The van der Waals surface area contributed by atoms with Gasteiger partial charge in [0.1, 0.15) is 19.0 Å². The lowest BCUT2D eigenvalue weighted by Crippen LogP contribution is -2.39. The van der Waals surface area contributed by atoms with E-state index in [1.807, 2.05) is 36.7 Å². The van der Waals surface area contributed by atoms with Gasteiger partial charge in [0.15, 0.2) is 11.8 Å². The smallest absolute Gasteiger partial charge is 0.191 e. The highest BCUT2D eigenvalue weighted by atomic mass is 127. The Labute approximate surface area is 173 Å². The summed E-state index contributed by atoms with van der Waals surface area (Å²) in [5, 5.41) is 25.8. The standard InChI is InChI=1S/C17H22N6OS.HI/c1-3-18-17(20-10-16-22-21-11-23(16)2)19-9-13(24)15-8-12-6-4-5-7-14(12)25-15;/h4-8,11,13,24H,3,9-10H2,1-2H3,(H2,18,19,20);1H. The van der Waals surface area contributed by atoms with Crippen molar-refractivity contribution in [1.82, 2.24) is 25.4 Å². The molecule has 9 heteroatoms. The Morgan fingerprint density at radius 3 is 2.85 bits per heavy atom. The zero-order chi connectivity index (χ0) is 17.6. The molecule has 0 aliphatic carbocycles. The predicted molar refractivity (Wildman–Crippen MR) is 116 cm³/mol. The highest BCUT2D eigenvalue weighted by Crippen LogP contribution is 2.29. The molecule has 0 bridgehead atoms. The van der Waals surface area contributed by atoms with E-state index in [1.54, 1.807) is 17.7 Å². The van der Waals surface area contributed by atoms with Crippen LogP contribution in [-0.4, -0.2) is 38.9 Å². The van der Waals surface area contributed by atoms with Crippen molar-refractivity contribution in [2.24, 2.45) is 12.0 Å². The van der Waals surface area contributed by atoms with Gasteiger partial charge in [-0.05, 0) is 24.4 Å². The molecule has 0 spiro atoms. The van der Waals surface area contributed by atoms with Crippen molar-refractivity contribution in [3.05, 3.63) is 47.4 Å². The van der Waals surface area contributed by atoms with Crippen LogP contribution in [0.3, 0.4) is 0 Å². The van der Waals surface area contributed by atoms with Gasteiger partial charge in [-0.3, -0.25) is 0 Å². The second-order valence-electron chi connectivity index (χ2n) is 5.64. The summed E-state index contributed by atoms with van der Waals surface area (Å²) in [6, 6.07) is 10.2. The molecule has 2 aromatic heterocycles. The first-order valence-electron chi connectivity index (χ1n) is 8.19. The highest BCUT2D eigenvalue weighted by Gasteiger charge is 2.12. The molecule has 3 rings (SSSR count). The third-order valence-electron chi connectivity index (χ3n) is 3.76. The number of nitrogens with one attached hydrogen (secondary N) is 2. The average Bonchev–Trinajstić information content (AvgIpc) is 3.23. The molecule has 0 saturated carbocycles. The van der Waals surface area contributed by atoms with E-state index in [0.29, 0.717) is 19.0 Å². The predicted octanol–water partition coefficient (Wildman–Crippen LogP) is 2.44. The Hall–Kier alpha value is -1.72. The topological polar surface area (TPSA) is 87.4 Å². The molecule has 26 heavy (non-hydrogen) atoms. The number of hydrogen-bond acceptors (Lipinski definition) is 5. The first-order chi connectivity index (χ1) is 12.2. The number of aliphatic hydroxyl groups excluding tert-OH is 1. The molecule has 2 heterocycles. The number of benzene rings is 1. The summed E-state index contributed by atoms with van der Waals surface area (Å²) in [6.07, 6.45) is 1.06. The van der Waals surface area contributed by atoms with Crippen molar-refractivity contribution in [1.29, 1.82) is 0 Å². The van der Waals surface area contributed by atoms with Crippen LogP contribution in [0.4, 0.5) is 0 Å². The van der Waals surface area contributed by atoms with Crippen molar-refractivity contribution in [2.75, 3.05) is 13.1 Å². The van der Waals surface area contributed by atoms with Crippen molar-refractivity contribution < 1.29 is 5.11 Å². The van der Waals surface area contributed by atoms with Gasteiger partial charge in [0, 0.05) is 29.7 Å². The monoisotopic (exact) mass is 486 g/mol. The Bertz CT molecular complexity index is 829. The molecule has 0 amide bonds. The van der Waals surface area contributed by atoms with E-state index in [9.17, 15) is 5.11 Å². The van der Waals surface area contributed by atoms with Crippen molar-refractivity contribution in [3.8, 4) is 0 Å². The summed E-state index contributed by atoms with van der Waals surface area (Å²) in [5.41, 5.74) is 0. The molecule has 0 saturated heterocycles. The van der Waals surface area contributed by atoms with Crippen LogP contribution < -0.4 is 10.6 Å². The Kier molecular flexibility index (Phi) is 7.79. The minimum Gasteiger partial charge on any atom is -0.386 e. The minimum absolute atomic E-state index is 0. The fourth-order valence-corrected chi connectivity index (χ4v) is 3.45. The highest BCUT2D eigenvalue weighted by molar-refractivity contribution is 14.0. The Balaban J connectivity index is 0.00000243. The van der Waals surface area contributed by atoms with Crippen LogP contribution in [-0.2, 0) is 13.6 Å². The van der Waals surface area contributed by atoms with Crippen LogP contribution in [0.25, 0.3) is 10.1 Å². The number of aryl methyl sites for hydroxylation is 1. The fourth-order valence-electron chi connectivity index (χ4n) is 2.40. The second kappa shape index (κ2) is 9.83. The molecular weight excluding hydrogens is 463 g/mol. The second-order valence-corrected chi connectivity index (χ2v) is 6.75. The van der Waals surface area contributed by atoms with Crippen LogP contribution in [0.15, 0.2) is 41.7 Å². The zero-order valence-corrected chi connectivity index (χ0v) is 17.9. The minimum atomic E-state index is -0.587.